The van der Waals surface area contributed by atoms with Crippen molar-refractivity contribution in [2.45, 2.75) is 24.7 Å². The average Bonchev–Trinajstić information content (AvgIpc) is 3.79. The highest BCUT2D eigenvalue weighted by Gasteiger charge is 2.80. The van der Waals surface area contributed by atoms with Crippen LogP contribution in [-0.2, 0) is 0 Å². The highest BCUT2D eigenvalue weighted by molar-refractivity contribution is 7.29. The van der Waals surface area contributed by atoms with Crippen LogP contribution in [0.5, 0.6) is 0 Å². The molecule has 232 valence electrons. The minimum Gasteiger partial charge on any atom is -0.194 e. The lowest BCUT2D eigenvalue weighted by Gasteiger charge is -2.25. The van der Waals surface area contributed by atoms with Gasteiger partial charge in [0.15, 0.2) is 0 Å². The largest absolute Gasteiger partial charge is 0.380 e. The van der Waals surface area contributed by atoms with Crippen LogP contribution >= 0.6 is 103 Å². The normalized spacial score (nSPS) is 17.1. The molecule has 0 atom stereocenters. The predicted molar refractivity (Wildman–Crippen MR) is 183 cm³/mol. The Morgan fingerprint density at radius 1 is 0.467 bits per heavy atom. The van der Waals surface area contributed by atoms with Gasteiger partial charge in [0.2, 0.25) is 0 Å². The number of allylic oxidation sites excluding steroid dienone is 2. The minimum atomic E-state index is -5.72. The summed E-state index contributed by atoms with van der Waals surface area (Å²) in [4.78, 5) is 4.04. The standard InChI is InChI=1S/C30H13Cl3F6S6/c1-12-2-3-17(40-12)26-13(10-19(44-26)15-4-7-21(31)41-15)24-25(29(36,37)30(38,39)28(24,34)35)14-11-20(16-5-8-22(32)42-16)45-27(14)18-6-9-23(33)43-18/h2-11H,1H3. The first-order valence-corrected chi connectivity index (χ1v) is 18.7. The van der Waals surface area contributed by atoms with Gasteiger partial charge in [0.05, 0.1) is 22.8 Å². The minimum absolute atomic E-state index is 0.126. The Labute approximate surface area is 291 Å². The molecule has 1 aliphatic rings. The molecule has 7 rings (SSSR count). The number of thiophene rings is 6. The number of alkyl halides is 6. The third kappa shape index (κ3) is 5.10. The number of halogens is 9. The van der Waals surface area contributed by atoms with Crippen molar-refractivity contribution >= 4 is 114 Å². The molecule has 1 aliphatic carbocycles. The van der Waals surface area contributed by atoms with Gasteiger partial charge < -0.3 is 0 Å². The van der Waals surface area contributed by atoms with Crippen LogP contribution in [0.4, 0.5) is 26.3 Å². The molecule has 15 heteroatoms. The van der Waals surface area contributed by atoms with E-state index in [0.717, 1.165) is 50.2 Å². The van der Waals surface area contributed by atoms with Crippen LogP contribution in [0.2, 0.25) is 13.0 Å². The van der Waals surface area contributed by atoms with Crippen molar-refractivity contribution in [3.63, 3.8) is 0 Å². The van der Waals surface area contributed by atoms with Crippen molar-refractivity contribution in [2.24, 2.45) is 0 Å². The van der Waals surface area contributed by atoms with E-state index in [4.69, 9.17) is 34.8 Å². The third-order valence-electron chi connectivity index (χ3n) is 7.06. The van der Waals surface area contributed by atoms with Gasteiger partial charge in [0.1, 0.15) is 0 Å². The van der Waals surface area contributed by atoms with E-state index < -0.39 is 34.5 Å². The molecule has 0 nitrogen and oxygen atoms in total. The van der Waals surface area contributed by atoms with E-state index >= 15 is 26.3 Å². The zero-order valence-corrected chi connectivity index (χ0v) is 29.3. The maximum atomic E-state index is 16.2. The molecule has 6 heterocycles. The molecule has 6 aromatic rings. The topological polar surface area (TPSA) is 0 Å². The summed E-state index contributed by atoms with van der Waals surface area (Å²) in [5, 5.41) is 0. The Bertz CT molecular complexity index is 1970. The summed E-state index contributed by atoms with van der Waals surface area (Å²) in [5.41, 5.74) is -3.60. The van der Waals surface area contributed by atoms with Crippen molar-refractivity contribution in [2.75, 3.05) is 0 Å². The highest BCUT2D eigenvalue weighted by Crippen LogP contribution is 2.67. The SMILES string of the molecule is Cc1ccc(-c2sc(-c3ccc(Cl)s3)cc2C2=C(c3cc(-c4ccc(Cl)s4)sc3-c3ccc(Cl)s3)C(F)(F)C(F)(F)C2(F)F)s1. The Hall–Kier alpha value is -1.61. The van der Waals surface area contributed by atoms with Crippen LogP contribution in [-0.4, -0.2) is 17.8 Å². The molecule has 0 spiro atoms. The Morgan fingerprint density at radius 2 is 0.844 bits per heavy atom. The molecule has 0 aliphatic heterocycles. The summed E-state index contributed by atoms with van der Waals surface area (Å²) in [5.74, 6) is -16.2. The van der Waals surface area contributed by atoms with Gasteiger partial charge in [-0.3, -0.25) is 0 Å². The Morgan fingerprint density at radius 3 is 1.20 bits per heavy atom. The fourth-order valence-electron chi connectivity index (χ4n) is 5.08. The van der Waals surface area contributed by atoms with Crippen molar-refractivity contribution in [1.82, 2.24) is 0 Å². The van der Waals surface area contributed by atoms with Gasteiger partial charge in [-0.25, -0.2) is 0 Å². The molecule has 45 heavy (non-hydrogen) atoms. The predicted octanol–water partition coefficient (Wildman–Crippen LogP) is 14.8. The lowest BCUT2D eigenvalue weighted by Crippen LogP contribution is -2.48. The van der Waals surface area contributed by atoms with Gasteiger partial charge in [0.25, 0.3) is 0 Å². The summed E-state index contributed by atoms with van der Waals surface area (Å²) in [6.07, 6.45) is 0. The van der Waals surface area contributed by atoms with Crippen LogP contribution in [0.1, 0.15) is 16.0 Å². The number of aryl methyl sites for hydroxylation is 1. The first-order valence-electron chi connectivity index (χ1n) is 12.7. The monoisotopic (exact) mass is 784 g/mol. The lowest BCUT2D eigenvalue weighted by atomic mass is 9.94. The second-order valence-electron chi connectivity index (χ2n) is 9.90. The van der Waals surface area contributed by atoms with Gasteiger partial charge in [-0.05, 0) is 67.6 Å². The summed E-state index contributed by atoms with van der Waals surface area (Å²) >= 11 is 25.2. The molecule has 0 fully saturated rings. The molecular weight excluding hydrogens is 773 g/mol. The fraction of sp³-hybridized carbons (Fsp3) is 0.133. The van der Waals surface area contributed by atoms with E-state index in [2.05, 4.69) is 0 Å². The maximum Gasteiger partial charge on any atom is 0.380 e. The zero-order chi connectivity index (χ0) is 32.1. The number of hydrogen-bond donors (Lipinski definition) is 0. The summed E-state index contributed by atoms with van der Waals surface area (Å²) < 4.78 is 96.9. The smallest absolute Gasteiger partial charge is 0.194 e. The molecule has 0 bridgehead atoms. The van der Waals surface area contributed by atoms with Crippen molar-refractivity contribution in [3.05, 3.63) is 89.7 Å². The summed E-state index contributed by atoms with van der Waals surface area (Å²) in [6, 6.07) is 15.7. The van der Waals surface area contributed by atoms with Crippen LogP contribution in [0, 0.1) is 6.92 Å². The van der Waals surface area contributed by atoms with Crippen molar-refractivity contribution in [1.29, 1.82) is 0 Å². The molecule has 0 radical (unpaired) electrons. The molecule has 6 aromatic heterocycles. The molecular formula is C30H13Cl3F6S6. The van der Waals surface area contributed by atoms with E-state index in [1.165, 1.54) is 40.9 Å². The van der Waals surface area contributed by atoms with E-state index in [1.807, 2.05) is 0 Å². The second kappa shape index (κ2) is 11.2. The molecule has 0 amide bonds. The van der Waals surface area contributed by atoms with E-state index in [1.54, 1.807) is 49.4 Å². The summed E-state index contributed by atoms with van der Waals surface area (Å²) in [7, 11) is 0. The zero-order valence-electron chi connectivity index (χ0n) is 22.1. The Kier molecular flexibility index (Phi) is 7.98. The van der Waals surface area contributed by atoms with Crippen molar-refractivity contribution in [3.8, 4) is 39.0 Å². The molecule has 0 saturated carbocycles. The molecule has 0 unspecified atom stereocenters. The van der Waals surface area contributed by atoms with Crippen LogP contribution < -0.4 is 0 Å². The number of rotatable bonds is 6. The first-order chi connectivity index (χ1) is 21.2. The molecule has 0 aromatic carbocycles. The molecule has 0 saturated heterocycles. The van der Waals surface area contributed by atoms with Gasteiger partial charge in [-0.1, -0.05) is 34.8 Å². The Balaban J connectivity index is 1.58. The van der Waals surface area contributed by atoms with Gasteiger partial charge >= 0.3 is 17.8 Å². The van der Waals surface area contributed by atoms with E-state index in [9.17, 15) is 0 Å². The fourth-order valence-corrected chi connectivity index (χ4v) is 11.8. The lowest BCUT2D eigenvalue weighted by molar-refractivity contribution is -0.254. The van der Waals surface area contributed by atoms with Crippen molar-refractivity contribution < 1.29 is 26.3 Å². The molecule has 0 N–H and O–H groups in total. The quantitative estimate of drug-likeness (QED) is 0.148. The van der Waals surface area contributed by atoms with E-state index in [0.29, 0.717) is 42.3 Å². The van der Waals surface area contributed by atoms with Crippen LogP contribution in [0.25, 0.3) is 50.2 Å². The van der Waals surface area contributed by atoms with E-state index in [-0.39, 0.29) is 15.3 Å². The second-order valence-corrected chi connectivity index (χ2v) is 18.4. The van der Waals surface area contributed by atoms with Gasteiger partial charge in [0, 0.05) is 56.4 Å². The number of hydrogen-bond acceptors (Lipinski definition) is 6. The average molecular weight is 786 g/mol. The maximum absolute atomic E-state index is 16.2. The van der Waals surface area contributed by atoms with Crippen LogP contribution in [0.3, 0.4) is 0 Å². The third-order valence-corrected chi connectivity index (χ3v) is 14.8. The highest BCUT2D eigenvalue weighted by atomic mass is 35.5. The summed E-state index contributed by atoms with van der Waals surface area (Å²) in [6.45, 7) is 1.81. The van der Waals surface area contributed by atoms with Gasteiger partial charge in [-0.15, -0.1) is 68.0 Å². The van der Waals surface area contributed by atoms with Gasteiger partial charge in [-0.2, -0.15) is 26.3 Å². The van der Waals surface area contributed by atoms with Crippen LogP contribution in [0.15, 0.2) is 60.7 Å². The first kappa shape index (κ1) is 32.0.